The molecule has 240 valence electrons. The molecule has 1 aromatic carbocycles. The van der Waals surface area contributed by atoms with Crippen molar-refractivity contribution in [2.45, 2.75) is 70.6 Å². The van der Waals surface area contributed by atoms with Crippen LogP contribution in [-0.2, 0) is 23.9 Å². The number of carbonyl (C=O) groups excluding carboxylic acids is 4. The number of amides is 3. The Bertz CT molecular complexity index is 1500. The Balaban J connectivity index is 1.32. The summed E-state index contributed by atoms with van der Waals surface area (Å²) in [6.45, 7) is 4.37. The van der Waals surface area contributed by atoms with Crippen molar-refractivity contribution in [2.75, 3.05) is 25.0 Å². The van der Waals surface area contributed by atoms with Crippen LogP contribution in [-0.4, -0.2) is 82.1 Å². The molecule has 0 unspecified atom stereocenters. The molecule has 1 saturated heterocycles. The first kappa shape index (κ1) is 33.0. The van der Waals surface area contributed by atoms with E-state index in [2.05, 4.69) is 20.6 Å². The SMILES string of the molecule is C[C@@H](NC(=O)OC(C)(C)C)C(=O)OCC(=O)N1CC[C@H](Oc2ccc(-c3cc(NC(=O)C4CC4)ncn3)cc2C#N)C(F)(F)C1. The lowest BCUT2D eigenvalue weighted by atomic mass is 10.0. The molecule has 1 aromatic heterocycles. The van der Waals surface area contributed by atoms with Crippen molar-refractivity contribution in [3.8, 4) is 23.1 Å². The molecule has 15 heteroatoms. The average Bonchev–Trinajstić information content (AvgIpc) is 3.81. The van der Waals surface area contributed by atoms with E-state index in [1.54, 1.807) is 32.9 Å². The molecule has 0 spiro atoms. The third-order valence-corrected chi connectivity index (χ3v) is 6.84. The van der Waals surface area contributed by atoms with Gasteiger partial charge in [-0.15, -0.1) is 0 Å². The number of hydrogen-bond donors (Lipinski definition) is 2. The monoisotopic (exact) mass is 628 g/mol. The first-order valence-corrected chi connectivity index (χ1v) is 14.3. The zero-order valence-electron chi connectivity index (χ0n) is 25.3. The van der Waals surface area contributed by atoms with Gasteiger partial charge in [-0.2, -0.15) is 5.26 Å². The third-order valence-electron chi connectivity index (χ3n) is 6.84. The van der Waals surface area contributed by atoms with Crippen LogP contribution in [0.5, 0.6) is 5.75 Å². The molecule has 13 nitrogen and oxygen atoms in total. The molecule has 2 heterocycles. The fourth-order valence-electron chi connectivity index (χ4n) is 4.36. The number of nitriles is 1. The number of likely N-dealkylation sites (tertiary alicyclic amines) is 1. The molecule has 3 amide bonds. The molecule has 2 N–H and O–H groups in total. The number of rotatable bonds is 9. The molecular formula is C30H34F2N6O7. The number of anilines is 1. The van der Waals surface area contributed by atoms with Crippen LogP contribution in [0.3, 0.4) is 0 Å². The van der Waals surface area contributed by atoms with Crippen LogP contribution in [0.2, 0.25) is 0 Å². The molecule has 2 fully saturated rings. The standard InChI is InChI=1S/C30H34F2N6O7/c1-17(36-28(42)45-29(2,3)4)27(41)43-14-25(39)38-10-9-23(30(31,32)15-38)44-22-8-7-19(11-20(22)13-33)21-12-24(35-16-34-21)37-26(40)18-5-6-18/h7-8,11-12,16-18,23H,5-6,9-10,14-15H2,1-4H3,(H,36,42)(H,34,35,37,40)/t17-,23+/m1/s1. The van der Waals surface area contributed by atoms with Crippen molar-refractivity contribution < 1.29 is 42.2 Å². The van der Waals surface area contributed by atoms with Gasteiger partial charge in [0.2, 0.25) is 5.91 Å². The van der Waals surface area contributed by atoms with Crippen LogP contribution in [0.15, 0.2) is 30.6 Å². The van der Waals surface area contributed by atoms with Crippen molar-refractivity contribution in [3.05, 3.63) is 36.2 Å². The van der Waals surface area contributed by atoms with Crippen molar-refractivity contribution in [3.63, 3.8) is 0 Å². The maximum Gasteiger partial charge on any atom is 0.408 e. The maximum absolute atomic E-state index is 15.1. The molecule has 45 heavy (non-hydrogen) atoms. The van der Waals surface area contributed by atoms with Gasteiger partial charge in [0.1, 0.15) is 35.6 Å². The molecular weight excluding hydrogens is 594 g/mol. The predicted octanol–water partition coefficient (Wildman–Crippen LogP) is 3.44. The second-order valence-corrected chi connectivity index (χ2v) is 11.8. The Hall–Kier alpha value is -4.87. The molecule has 2 atom stereocenters. The molecule has 0 radical (unpaired) electrons. The zero-order valence-corrected chi connectivity index (χ0v) is 25.3. The second-order valence-electron chi connectivity index (χ2n) is 11.8. The summed E-state index contributed by atoms with van der Waals surface area (Å²) >= 11 is 0. The summed E-state index contributed by atoms with van der Waals surface area (Å²) in [7, 11) is 0. The van der Waals surface area contributed by atoms with Crippen molar-refractivity contribution >= 4 is 29.7 Å². The van der Waals surface area contributed by atoms with Crippen molar-refractivity contribution in [1.29, 1.82) is 5.26 Å². The summed E-state index contributed by atoms with van der Waals surface area (Å²) in [5.74, 6) is -5.18. The van der Waals surface area contributed by atoms with E-state index in [1.165, 1.54) is 25.4 Å². The Morgan fingerprint density at radius 3 is 2.53 bits per heavy atom. The van der Waals surface area contributed by atoms with E-state index in [9.17, 15) is 24.4 Å². The van der Waals surface area contributed by atoms with Crippen molar-refractivity contribution in [1.82, 2.24) is 20.2 Å². The number of aromatic nitrogens is 2. The number of piperidine rings is 1. The first-order chi connectivity index (χ1) is 21.1. The van der Waals surface area contributed by atoms with E-state index in [1.807, 2.05) is 6.07 Å². The van der Waals surface area contributed by atoms with Gasteiger partial charge in [0.15, 0.2) is 12.7 Å². The zero-order chi connectivity index (χ0) is 32.9. The first-order valence-electron chi connectivity index (χ1n) is 14.3. The van der Waals surface area contributed by atoms with Crippen LogP contribution >= 0.6 is 0 Å². The van der Waals surface area contributed by atoms with Gasteiger partial charge >= 0.3 is 18.0 Å². The molecule has 0 bridgehead atoms. The fourth-order valence-corrected chi connectivity index (χ4v) is 4.36. The highest BCUT2D eigenvalue weighted by molar-refractivity contribution is 5.93. The van der Waals surface area contributed by atoms with Gasteiger partial charge in [-0.3, -0.25) is 9.59 Å². The number of alkyl carbamates (subject to hydrolysis) is 1. The highest BCUT2D eigenvalue weighted by Crippen LogP contribution is 2.34. The molecule has 4 rings (SSSR count). The molecule has 1 aliphatic carbocycles. The maximum atomic E-state index is 15.1. The normalized spacial score (nSPS) is 18.2. The summed E-state index contributed by atoms with van der Waals surface area (Å²) in [6.07, 6.45) is 0.181. The minimum absolute atomic E-state index is 0.00925. The summed E-state index contributed by atoms with van der Waals surface area (Å²) in [5.41, 5.74) is 0.0972. The molecule has 2 aliphatic rings. The number of esters is 1. The van der Waals surface area contributed by atoms with Crippen LogP contribution in [0, 0.1) is 17.2 Å². The van der Waals surface area contributed by atoms with E-state index in [0.29, 0.717) is 17.1 Å². The molecule has 1 saturated carbocycles. The minimum Gasteiger partial charge on any atom is -0.483 e. The Morgan fingerprint density at radius 2 is 1.89 bits per heavy atom. The smallest absolute Gasteiger partial charge is 0.408 e. The lowest BCUT2D eigenvalue weighted by molar-refractivity contribution is -0.167. The quantitative estimate of drug-likeness (QED) is 0.392. The van der Waals surface area contributed by atoms with E-state index in [0.717, 1.165) is 17.7 Å². The summed E-state index contributed by atoms with van der Waals surface area (Å²) in [5, 5.41) is 14.7. The number of carbonyl (C=O) groups is 4. The highest BCUT2D eigenvalue weighted by atomic mass is 19.3. The van der Waals surface area contributed by atoms with Gasteiger partial charge in [-0.05, 0) is 58.7 Å². The Kier molecular flexibility index (Phi) is 9.84. The summed E-state index contributed by atoms with van der Waals surface area (Å²) in [6, 6.07) is 6.73. The summed E-state index contributed by atoms with van der Waals surface area (Å²) < 4.78 is 45.8. The number of alkyl halides is 2. The van der Waals surface area contributed by atoms with Crippen molar-refractivity contribution in [2.24, 2.45) is 5.92 Å². The van der Waals surface area contributed by atoms with Crippen LogP contribution in [0.25, 0.3) is 11.3 Å². The van der Waals surface area contributed by atoms with Gasteiger partial charge in [0.05, 0.1) is 17.8 Å². The Labute approximate surface area is 258 Å². The minimum atomic E-state index is -3.49. The molecule has 2 aromatic rings. The van der Waals surface area contributed by atoms with Gasteiger partial charge in [0, 0.05) is 30.5 Å². The lowest BCUT2D eigenvalue weighted by Gasteiger charge is -2.38. The van der Waals surface area contributed by atoms with E-state index in [4.69, 9.17) is 14.2 Å². The largest absolute Gasteiger partial charge is 0.483 e. The Morgan fingerprint density at radius 1 is 1.16 bits per heavy atom. The van der Waals surface area contributed by atoms with Crippen LogP contribution in [0.1, 0.15) is 52.5 Å². The van der Waals surface area contributed by atoms with E-state index in [-0.39, 0.29) is 36.1 Å². The van der Waals surface area contributed by atoms with Crippen LogP contribution < -0.4 is 15.4 Å². The lowest BCUT2D eigenvalue weighted by Crippen LogP contribution is -2.56. The number of hydrogen-bond acceptors (Lipinski definition) is 10. The predicted molar refractivity (Wildman–Crippen MR) is 154 cm³/mol. The topological polar surface area (TPSA) is 173 Å². The second kappa shape index (κ2) is 13.4. The highest BCUT2D eigenvalue weighted by Gasteiger charge is 2.48. The van der Waals surface area contributed by atoms with E-state index >= 15 is 8.78 Å². The van der Waals surface area contributed by atoms with E-state index < -0.39 is 54.8 Å². The number of nitrogens with one attached hydrogen (secondary N) is 2. The summed E-state index contributed by atoms with van der Waals surface area (Å²) in [4.78, 5) is 57.7. The number of halogens is 2. The van der Waals surface area contributed by atoms with Gasteiger partial charge in [-0.1, -0.05) is 0 Å². The number of nitrogens with zero attached hydrogens (tertiary/aromatic N) is 4. The van der Waals surface area contributed by atoms with Gasteiger partial charge in [0.25, 0.3) is 5.91 Å². The number of benzene rings is 1. The number of ether oxygens (including phenoxy) is 3. The van der Waals surface area contributed by atoms with Crippen LogP contribution in [0.4, 0.5) is 19.4 Å². The molecule has 1 aliphatic heterocycles. The fraction of sp³-hybridized carbons (Fsp3) is 0.500. The average molecular weight is 629 g/mol. The van der Waals surface area contributed by atoms with Gasteiger partial charge in [-0.25, -0.2) is 28.3 Å². The van der Waals surface area contributed by atoms with Gasteiger partial charge < -0.3 is 29.7 Å². The third kappa shape index (κ3) is 9.07.